The Kier molecular flexibility index (Phi) is 6.11. The van der Waals surface area contributed by atoms with E-state index in [1.165, 1.54) is 31.2 Å². The highest BCUT2D eigenvalue weighted by Gasteiger charge is 2.45. The van der Waals surface area contributed by atoms with Crippen LogP contribution in [0.1, 0.15) is 20.3 Å². The summed E-state index contributed by atoms with van der Waals surface area (Å²) in [5.41, 5.74) is -0.532. The molecule has 0 unspecified atom stereocenters. The average Bonchev–Trinajstić information content (AvgIpc) is 2.76. The average molecular weight is 472 g/mol. The molecule has 180 valence electrons. The van der Waals surface area contributed by atoms with Crippen LogP contribution in [-0.2, 0) is 9.53 Å². The molecule has 1 aromatic heterocycles. The zero-order valence-electron chi connectivity index (χ0n) is 18.3. The van der Waals surface area contributed by atoms with Crippen molar-refractivity contribution in [3.05, 3.63) is 46.6 Å². The molecule has 0 amide bonds. The van der Waals surface area contributed by atoms with E-state index in [9.17, 15) is 35.1 Å². The lowest BCUT2D eigenvalue weighted by atomic mass is 9.81. The van der Waals surface area contributed by atoms with Gasteiger partial charge in [0.25, 0.3) is 0 Å². The van der Waals surface area contributed by atoms with E-state index < -0.39 is 47.5 Å². The van der Waals surface area contributed by atoms with Crippen molar-refractivity contribution >= 4 is 16.9 Å². The molecule has 5 N–H and O–H groups in total. The van der Waals surface area contributed by atoms with Gasteiger partial charge in [0.05, 0.1) is 0 Å². The lowest BCUT2D eigenvalue weighted by Gasteiger charge is -2.40. The largest absolute Gasteiger partial charge is 0.508 e. The summed E-state index contributed by atoms with van der Waals surface area (Å²) in [7, 11) is 0. The van der Waals surface area contributed by atoms with Gasteiger partial charge in [-0.25, -0.2) is 0 Å². The number of aliphatic hydroxyl groups excluding tert-OH is 2. The van der Waals surface area contributed by atoms with Gasteiger partial charge in [0, 0.05) is 24.6 Å². The molecule has 10 heteroatoms. The highest BCUT2D eigenvalue weighted by Crippen LogP contribution is 2.38. The summed E-state index contributed by atoms with van der Waals surface area (Å²) >= 11 is 0. The molecule has 3 aromatic rings. The van der Waals surface area contributed by atoms with Gasteiger partial charge in [-0.05, 0) is 36.6 Å². The molecule has 10 nitrogen and oxygen atoms in total. The first-order chi connectivity index (χ1) is 16.1. The number of phenols is 3. The zero-order valence-corrected chi connectivity index (χ0v) is 18.3. The van der Waals surface area contributed by atoms with Crippen LogP contribution in [0.15, 0.2) is 45.6 Å². The number of esters is 1. The lowest BCUT2D eigenvalue weighted by Crippen LogP contribution is -2.56. The fourth-order valence-corrected chi connectivity index (χ4v) is 4.22. The fourth-order valence-electron chi connectivity index (χ4n) is 4.22. The number of hydrogen-bond donors (Lipinski definition) is 5. The van der Waals surface area contributed by atoms with Crippen molar-refractivity contribution in [2.45, 2.75) is 44.7 Å². The van der Waals surface area contributed by atoms with Crippen LogP contribution >= 0.6 is 0 Å². The zero-order chi connectivity index (χ0) is 24.7. The number of phenolic OH excluding ortho intramolecular Hbond substituents is 3. The van der Waals surface area contributed by atoms with Gasteiger partial charge in [-0.3, -0.25) is 9.59 Å². The standard InChI is InChI=1S/C24H24O10/c1-10-7-17(19(29)21(31)22(10)32-11(2)25)34-24-20(30)18-15(28)8-14(27)9-16(18)33-23(24)12-3-5-13(26)6-4-12/h3-6,8-10,17,19,21-22,26-29,31H,7H2,1-2H3/t10-,17-,19+,21+,22+/m1/s1. The van der Waals surface area contributed by atoms with Gasteiger partial charge in [0.15, 0.2) is 5.76 Å². The highest BCUT2D eigenvalue weighted by atomic mass is 16.6. The number of benzene rings is 2. The monoisotopic (exact) mass is 472 g/mol. The van der Waals surface area contributed by atoms with Gasteiger partial charge < -0.3 is 39.4 Å². The van der Waals surface area contributed by atoms with Crippen molar-refractivity contribution < 1.29 is 44.2 Å². The maximum atomic E-state index is 13.4. The van der Waals surface area contributed by atoms with E-state index in [0.29, 0.717) is 5.56 Å². The Labute approximate surface area is 193 Å². The Morgan fingerprint density at radius 1 is 1.03 bits per heavy atom. The van der Waals surface area contributed by atoms with Crippen LogP contribution in [-0.4, -0.2) is 55.9 Å². The molecule has 0 spiro atoms. The van der Waals surface area contributed by atoms with Crippen LogP contribution < -0.4 is 10.2 Å². The molecule has 1 aliphatic rings. The minimum Gasteiger partial charge on any atom is -0.508 e. The van der Waals surface area contributed by atoms with Crippen molar-refractivity contribution in [2.24, 2.45) is 5.92 Å². The quantitative estimate of drug-likeness (QED) is 0.354. The number of aliphatic hydroxyl groups is 2. The Balaban J connectivity index is 1.82. The van der Waals surface area contributed by atoms with Crippen molar-refractivity contribution in [3.63, 3.8) is 0 Å². The van der Waals surface area contributed by atoms with E-state index in [1.54, 1.807) is 6.92 Å². The maximum Gasteiger partial charge on any atom is 0.303 e. The highest BCUT2D eigenvalue weighted by molar-refractivity contribution is 5.88. The first kappa shape index (κ1) is 23.4. The number of ether oxygens (including phenoxy) is 2. The summed E-state index contributed by atoms with van der Waals surface area (Å²) in [5, 5.41) is 50.7. The summed E-state index contributed by atoms with van der Waals surface area (Å²) in [6, 6.07) is 7.83. The lowest BCUT2D eigenvalue weighted by molar-refractivity contribution is -0.182. The minimum atomic E-state index is -1.50. The SMILES string of the molecule is CC(=O)O[C@@H]1[C@@H](O)[C@@H](O)[C@H](Oc2c(-c3ccc(O)cc3)oc3cc(O)cc(O)c3c2=O)C[C@H]1C. The van der Waals surface area contributed by atoms with Crippen LogP contribution in [0.5, 0.6) is 23.0 Å². The molecule has 0 radical (unpaired) electrons. The first-order valence-electron chi connectivity index (χ1n) is 10.6. The van der Waals surface area contributed by atoms with Gasteiger partial charge in [-0.2, -0.15) is 0 Å². The topological polar surface area (TPSA) is 167 Å². The molecule has 1 fully saturated rings. The Morgan fingerprint density at radius 3 is 2.35 bits per heavy atom. The van der Waals surface area contributed by atoms with Gasteiger partial charge in [0.1, 0.15) is 52.6 Å². The maximum absolute atomic E-state index is 13.4. The number of fused-ring (bicyclic) bond motifs is 1. The third-order valence-corrected chi connectivity index (χ3v) is 5.85. The number of carbonyl (C=O) groups is 1. The van der Waals surface area contributed by atoms with E-state index in [0.717, 1.165) is 12.1 Å². The second kappa shape index (κ2) is 8.88. The van der Waals surface area contributed by atoms with Crippen LogP contribution in [0.25, 0.3) is 22.3 Å². The van der Waals surface area contributed by atoms with Crippen molar-refractivity contribution in [1.29, 1.82) is 0 Å². The van der Waals surface area contributed by atoms with Crippen molar-refractivity contribution in [3.8, 4) is 34.3 Å². The molecule has 34 heavy (non-hydrogen) atoms. The number of aromatic hydroxyl groups is 3. The van der Waals surface area contributed by atoms with Crippen LogP contribution in [0, 0.1) is 5.92 Å². The first-order valence-corrected chi connectivity index (χ1v) is 10.6. The molecule has 1 saturated carbocycles. The summed E-state index contributed by atoms with van der Waals surface area (Å²) in [5.74, 6) is -2.31. The van der Waals surface area contributed by atoms with Crippen molar-refractivity contribution in [2.75, 3.05) is 0 Å². The van der Waals surface area contributed by atoms with Crippen LogP contribution in [0.3, 0.4) is 0 Å². The Morgan fingerprint density at radius 2 is 1.71 bits per heavy atom. The van der Waals surface area contributed by atoms with Gasteiger partial charge in [0.2, 0.25) is 11.2 Å². The van der Waals surface area contributed by atoms with Gasteiger partial charge in [-0.15, -0.1) is 0 Å². The molecule has 2 aromatic carbocycles. The van der Waals surface area contributed by atoms with Crippen LogP contribution in [0.4, 0.5) is 0 Å². The van der Waals surface area contributed by atoms with E-state index in [1.807, 2.05) is 0 Å². The molecule has 0 aliphatic heterocycles. The fraction of sp³-hybridized carbons (Fsp3) is 0.333. The smallest absolute Gasteiger partial charge is 0.303 e. The third-order valence-electron chi connectivity index (χ3n) is 5.85. The molecule has 0 bridgehead atoms. The number of hydrogen-bond acceptors (Lipinski definition) is 10. The minimum absolute atomic E-state index is 0.0270. The predicted molar refractivity (Wildman–Crippen MR) is 119 cm³/mol. The van der Waals surface area contributed by atoms with E-state index in [4.69, 9.17) is 13.9 Å². The predicted octanol–water partition coefficient (Wildman–Crippen LogP) is 2.02. The molecule has 1 aliphatic carbocycles. The Bertz CT molecular complexity index is 1280. The summed E-state index contributed by atoms with van der Waals surface area (Å²) in [6.07, 6.45) is -4.87. The Hall–Kier alpha value is -3.76. The van der Waals surface area contributed by atoms with E-state index in [-0.39, 0.29) is 40.4 Å². The summed E-state index contributed by atoms with van der Waals surface area (Å²) in [6.45, 7) is 2.90. The number of rotatable bonds is 4. The molecule has 0 saturated heterocycles. The summed E-state index contributed by atoms with van der Waals surface area (Å²) < 4.78 is 16.9. The van der Waals surface area contributed by atoms with Crippen molar-refractivity contribution in [1.82, 2.24) is 0 Å². The molecule has 5 atom stereocenters. The third kappa shape index (κ3) is 4.25. The second-order valence-electron chi connectivity index (χ2n) is 8.40. The molecular formula is C24H24O10. The van der Waals surface area contributed by atoms with E-state index in [2.05, 4.69) is 0 Å². The number of carbonyl (C=O) groups excluding carboxylic acids is 1. The van der Waals surface area contributed by atoms with Gasteiger partial charge >= 0.3 is 5.97 Å². The van der Waals surface area contributed by atoms with Crippen LogP contribution in [0.2, 0.25) is 0 Å². The van der Waals surface area contributed by atoms with Gasteiger partial charge in [-0.1, -0.05) is 6.92 Å². The molecule has 1 heterocycles. The molecular weight excluding hydrogens is 448 g/mol. The normalized spacial score (nSPS) is 24.6. The second-order valence-corrected chi connectivity index (χ2v) is 8.40. The molecule has 4 rings (SSSR count). The van der Waals surface area contributed by atoms with E-state index >= 15 is 0 Å². The summed E-state index contributed by atoms with van der Waals surface area (Å²) in [4.78, 5) is 24.8.